The second kappa shape index (κ2) is 23.7. The minimum atomic E-state index is -0.782. The summed E-state index contributed by atoms with van der Waals surface area (Å²) in [7, 11) is 9.89. The number of nitrogens with zero attached hydrogens (tertiary/aromatic N) is 2. The number of aromatic nitrogens is 4. The van der Waals surface area contributed by atoms with Gasteiger partial charge in [0.15, 0.2) is 0 Å². The molecule has 20 heteroatoms. The predicted octanol–water partition coefficient (Wildman–Crippen LogP) is 5.27. The number of allylic oxidation sites excluding steroid dienone is 3. The van der Waals surface area contributed by atoms with Crippen molar-refractivity contribution in [3.05, 3.63) is 69.3 Å². The molecule has 2 N–H and O–H groups in total. The minimum Gasteiger partial charge on any atom is -0.469 e. The molecule has 0 atom stereocenters. The lowest BCUT2D eigenvalue weighted by molar-refractivity contribution is -0.141. The van der Waals surface area contributed by atoms with Crippen LogP contribution < -0.4 is 0 Å². The molecule has 0 unspecified atom stereocenters. The van der Waals surface area contributed by atoms with Crippen LogP contribution in [0.1, 0.15) is 108 Å². The number of esters is 8. The number of aromatic amines is 2. The summed E-state index contributed by atoms with van der Waals surface area (Å²) in [5.74, 6) is -4.76. The van der Waals surface area contributed by atoms with Gasteiger partial charge in [0.1, 0.15) is 0 Å². The van der Waals surface area contributed by atoms with Crippen LogP contribution in [-0.2, 0) is 90.7 Å². The average Bonchev–Trinajstić information content (AvgIpc) is 4.05. The molecule has 3 aromatic rings. The number of fused-ring (bicyclic) bond motifs is 8. The van der Waals surface area contributed by atoms with Gasteiger partial charge >= 0.3 is 47.8 Å². The van der Waals surface area contributed by atoms with Gasteiger partial charge in [-0.15, -0.1) is 0 Å². The Morgan fingerprint density at radius 2 is 0.721 bits per heavy atom. The summed E-state index contributed by atoms with van der Waals surface area (Å²) < 4.78 is 40.4. The minimum absolute atomic E-state index is 0.0284. The Morgan fingerprint density at radius 1 is 0.368 bits per heavy atom. The fourth-order valence-electron chi connectivity index (χ4n) is 8.05. The van der Waals surface area contributed by atoms with Gasteiger partial charge in [0.2, 0.25) is 0 Å². The van der Waals surface area contributed by atoms with Crippen LogP contribution in [0.4, 0.5) is 0 Å². The molecule has 20 nitrogen and oxygen atoms in total. The number of nitrogens with one attached hydrogen (secondary N) is 2. The van der Waals surface area contributed by atoms with E-state index in [1.54, 1.807) is 24.3 Å². The van der Waals surface area contributed by atoms with E-state index in [4.69, 9.17) is 47.9 Å². The molecule has 0 fully saturated rings. The highest BCUT2D eigenvalue weighted by Crippen LogP contribution is 2.41. The molecule has 0 aliphatic carbocycles. The lowest BCUT2D eigenvalue weighted by Gasteiger charge is -2.09. The van der Waals surface area contributed by atoms with E-state index in [1.807, 2.05) is 0 Å². The maximum absolute atomic E-state index is 13.9. The molecule has 2 aliphatic heterocycles. The van der Waals surface area contributed by atoms with E-state index in [9.17, 15) is 38.4 Å². The molecule has 5 heterocycles. The van der Waals surface area contributed by atoms with E-state index in [-0.39, 0.29) is 105 Å². The van der Waals surface area contributed by atoms with Crippen molar-refractivity contribution in [2.75, 3.05) is 56.9 Å². The van der Waals surface area contributed by atoms with Crippen LogP contribution in [0, 0.1) is 0 Å². The molecule has 0 saturated heterocycles. The zero-order chi connectivity index (χ0) is 49.7. The van der Waals surface area contributed by atoms with E-state index in [1.165, 1.54) is 56.9 Å². The van der Waals surface area contributed by atoms with Crippen molar-refractivity contribution >= 4 is 92.1 Å². The molecule has 362 valence electrons. The lowest BCUT2D eigenvalue weighted by atomic mass is 9.94. The van der Waals surface area contributed by atoms with Crippen molar-refractivity contribution in [2.24, 2.45) is 0 Å². The molecule has 0 spiro atoms. The van der Waals surface area contributed by atoms with E-state index < -0.39 is 47.8 Å². The van der Waals surface area contributed by atoms with Crippen molar-refractivity contribution in [2.45, 2.75) is 77.0 Å². The van der Waals surface area contributed by atoms with Gasteiger partial charge in [-0.25, -0.2) is 14.8 Å². The normalized spacial score (nSPS) is 12.0. The van der Waals surface area contributed by atoms with E-state index in [0.29, 0.717) is 61.4 Å². The highest BCUT2D eigenvalue weighted by atomic mass is 16.5. The van der Waals surface area contributed by atoms with Crippen LogP contribution in [0.25, 0.3) is 44.4 Å². The molecule has 2 aliphatic rings. The van der Waals surface area contributed by atoms with Crippen LogP contribution in [0.2, 0.25) is 0 Å². The fourth-order valence-corrected chi connectivity index (χ4v) is 8.05. The fraction of sp³-hybridized carbons (Fsp3) is 0.417. The van der Waals surface area contributed by atoms with Crippen molar-refractivity contribution in [3.8, 4) is 0 Å². The summed E-state index contributed by atoms with van der Waals surface area (Å²) >= 11 is 0. The van der Waals surface area contributed by atoms with E-state index in [2.05, 4.69) is 9.97 Å². The van der Waals surface area contributed by atoms with Crippen LogP contribution >= 0.6 is 0 Å². The van der Waals surface area contributed by atoms with Crippen LogP contribution in [-0.4, -0.2) is 125 Å². The van der Waals surface area contributed by atoms with Crippen molar-refractivity contribution in [1.82, 2.24) is 19.9 Å². The predicted molar refractivity (Wildman–Crippen MR) is 243 cm³/mol. The summed E-state index contributed by atoms with van der Waals surface area (Å²) in [6, 6.07) is 6.50. The third kappa shape index (κ3) is 12.2. The van der Waals surface area contributed by atoms with Crippen LogP contribution in [0.15, 0.2) is 24.3 Å². The molecule has 3 aromatic heterocycles. The maximum Gasteiger partial charge on any atom is 0.340 e. The number of methoxy groups -OCH3 is 8. The summed E-state index contributed by atoms with van der Waals surface area (Å²) in [6.07, 6.45) is -1.03. The zero-order valence-electron chi connectivity index (χ0n) is 39.2. The molecule has 5 rings (SSSR count). The Labute approximate surface area is 390 Å². The lowest BCUT2D eigenvalue weighted by Crippen LogP contribution is -2.08. The molecule has 8 bridgehead atoms. The Kier molecular flexibility index (Phi) is 17.9. The van der Waals surface area contributed by atoms with Crippen LogP contribution in [0.3, 0.4) is 0 Å². The van der Waals surface area contributed by atoms with Gasteiger partial charge in [-0.05, 0) is 95.4 Å². The van der Waals surface area contributed by atoms with Gasteiger partial charge < -0.3 is 47.9 Å². The third-order valence-corrected chi connectivity index (χ3v) is 11.5. The van der Waals surface area contributed by atoms with Gasteiger partial charge in [0.05, 0.1) is 104 Å². The Bertz CT molecular complexity index is 2740. The van der Waals surface area contributed by atoms with Gasteiger partial charge in [-0.1, -0.05) is 0 Å². The number of hydrogen-bond acceptors (Lipinski definition) is 18. The highest BCUT2D eigenvalue weighted by Gasteiger charge is 2.29. The highest BCUT2D eigenvalue weighted by molar-refractivity contribution is 6.05. The maximum atomic E-state index is 13.9. The molecule has 0 radical (unpaired) electrons. The molecular weight excluding hydrogens is 889 g/mol. The average molecular weight is 943 g/mol. The molecular formula is C48H54N4O16. The van der Waals surface area contributed by atoms with Gasteiger partial charge in [0.25, 0.3) is 0 Å². The molecule has 0 amide bonds. The second-order valence-corrected chi connectivity index (χ2v) is 15.3. The van der Waals surface area contributed by atoms with Gasteiger partial charge in [0, 0.05) is 48.7 Å². The van der Waals surface area contributed by atoms with Gasteiger partial charge in [-0.3, -0.25) is 33.6 Å². The number of aryl methyl sites for hydroxylation is 2. The Morgan fingerprint density at radius 3 is 1.18 bits per heavy atom. The van der Waals surface area contributed by atoms with E-state index >= 15 is 0 Å². The number of hydrogen-bond donors (Lipinski definition) is 2. The molecule has 0 aromatic carbocycles. The molecule has 68 heavy (non-hydrogen) atoms. The third-order valence-electron chi connectivity index (χ3n) is 11.5. The smallest absolute Gasteiger partial charge is 0.340 e. The monoisotopic (exact) mass is 942 g/mol. The summed E-state index contributed by atoms with van der Waals surface area (Å²) in [4.78, 5) is 121. The number of ether oxygens (including phenoxy) is 8. The second-order valence-electron chi connectivity index (χ2n) is 15.3. The Balaban J connectivity index is 2.10. The topological polar surface area (TPSA) is 268 Å². The first-order chi connectivity index (χ1) is 32.6. The SMILES string of the molecule is COC(=O)CCC1=C(CCC(=O)OC)c2cc3[nH]c(cc4[nH]c(cc5nc(cc1n2)C(CCC(=O)OC)=C5CC(=O)OC)c(CCC(=O)OC)c4C(=O)OC)c(CCC(=O)OC)c3CC(=O)OC. The Hall–Kier alpha value is -7.64. The number of rotatable bonds is 20. The zero-order valence-corrected chi connectivity index (χ0v) is 39.2. The molecule has 0 saturated carbocycles. The van der Waals surface area contributed by atoms with Crippen molar-refractivity contribution in [3.63, 3.8) is 0 Å². The van der Waals surface area contributed by atoms with Gasteiger partial charge in [-0.2, -0.15) is 0 Å². The summed E-state index contributed by atoms with van der Waals surface area (Å²) in [5.41, 5.74) is 5.39. The largest absolute Gasteiger partial charge is 0.469 e. The standard InChI is InChI=1S/C48H54N4O16/c1-61-40(53)14-9-25-26(10-15-41(54)62-2)33-22-37-31(20-46(59)67-7)28(12-17-43(56)64-4)35(51-37)24-39-47(48(60)68-8)29(13-18-44(57)65-5)36(52-39)23-38-30(19-45(58)66-6)27(11-16-42(55)63-3)34(50-38)21-32(25)49-33/h21-24,51-52H,9-20H2,1-8H3. The summed E-state index contributed by atoms with van der Waals surface area (Å²) in [5, 5.41) is 0. The first kappa shape index (κ1) is 51.3. The number of carbonyl (C=O) groups excluding carboxylic acids is 8. The van der Waals surface area contributed by atoms with Crippen LogP contribution in [0.5, 0.6) is 0 Å². The van der Waals surface area contributed by atoms with Crippen molar-refractivity contribution < 1.29 is 76.3 Å². The first-order valence-electron chi connectivity index (χ1n) is 21.4. The number of carbonyl (C=O) groups is 8. The number of H-pyrrole nitrogens is 2. The van der Waals surface area contributed by atoms with Crippen molar-refractivity contribution in [1.29, 1.82) is 0 Å². The summed E-state index contributed by atoms with van der Waals surface area (Å²) in [6.45, 7) is 0. The first-order valence-corrected chi connectivity index (χ1v) is 21.4. The van der Waals surface area contributed by atoms with E-state index in [0.717, 1.165) is 0 Å². The quantitative estimate of drug-likeness (QED) is 0.108.